The molecule has 0 aliphatic rings. The van der Waals surface area contributed by atoms with E-state index in [1.54, 1.807) is 19.4 Å². The van der Waals surface area contributed by atoms with E-state index < -0.39 is 0 Å². The number of hydrogen-bond donors (Lipinski definition) is 2. The van der Waals surface area contributed by atoms with Gasteiger partial charge in [-0.25, -0.2) is 5.43 Å². The highest BCUT2D eigenvalue weighted by molar-refractivity contribution is 5.94. The zero-order chi connectivity index (χ0) is 19.8. The Morgan fingerprint density at radius 1 is 1.18 bits per heavy atom. The van der Waals surface area contributed by atoms with E-state index in [4.69, 9.17) is 9.47 Å². The number of aromatic nitrogens is 2. The molecular formula is C21H22N4O3. The zero-order valence-corrected chi connectivity index (χ0v) is 15.8. The first kappa shape index (κ1) is 19.2. The topological polar surface area (TPSA) is 88.6 Å². The fourth-order valence-corrected chi connectivity index (χ4v) is 2.48. The Bertz CT molecular complexity index is 948. The van der Waals surface area contributed by atoms with Gasteiger partial charge in [0.15, 0.2) is 0 Å². The molecule has 1 heterocycles. The first-order valence-corrected chi connectivity index (χ1v) is 8.95. The molecule has 144 valence electrons. The Morgan fingerprint density at radius 2 is 2.00 bits per heavy atom. The highest BCUT2D eigenvalue weighted by Gasteiger charge is 2.10. The molecule has 0 spiro atoms. The number of H-pyrrole nitrogens is 1. The number of ether oxygens (including phenoxy) is 2. The molecule has 2 N–H and O–H groups in total. The van der Waals surface area contributed by atoms with Gasteiger partial charge in [-0.3, -0.25) is 9.89 Å². The number of amides is 1. The summed E-state index contributed by atoms with van der Waals surface area (Å²) in [7, 11) is 1.60. The van der Waals surface area contributed by atoms with Crippen molar-refractivity contribution in [2.45, 2.75) is 13.3 Å². The molecule has 1 aromatic heterocycles. The average Bonchev–Trinajstić information content (AvgIpc) is 3.23. The lowest BCUT2D eigenvalue weighted by atomic mass is 10.1. The summed E-state index contributed by atoms with van der Waals surface area (Å²) in [6.45, 7) is 2.74. The molecule has 0 saturated carbocycles. The van der Waals surface area contributed by atoms with Crippen LogP contribution < -0.4 is 14.9 Å². The van der Waals surface area contributed by atoms with E-state index in [0.29, 0.717) is 18.0 Å². The van der Waals surface area contributed by atoms with Crippen LogP contribution in [0.2, 0.25) is 0 Å². The van der Waals surface area contributed by atoms with Gasteiger partial charge in [0.1, 0.15) is 17.2 Å². The van der Waals surface area contributed by atoms with E-state index in [0.717, 1.165) is 29.0 Å². The Hall–Kier alpha value is -3.61. The first-order valence-electron chi connectivity index (χ1n) is 8.95. The number of benzene rings is 2. The molecule has 7 heteroatoms. The summed E-state index contributed by atoms with van der Waals surface area (Å²) in [5.74, 6) is 1.16. The van der Waals surface area contributed by atoms with Gasteiger partial charge in [0.2, 0.25) is 0 Å². The molecule has 3 rings (SSSR count). The van der Waals surface area contributed by atoms with Crippen molar-refractivity contribution in [1.82, 2.24) is 15.6 Å². The van der Waals surface area contributed by atoms with Crippen molar-refractivity contribution in [3.05, 3.63) is 65.9 Å². The molecule has 0 saturated heterocycles. The van der Waals surface area contributed by atoms with Crippen LogP contribution in [0.3, 0.4) is 0 Å². The second-order valence-corrected chi connectivity index (χ2v) is 6.02. The van der Waals surface area contributed by atoms with Gasteiger partial charge in [-0.05, 0) is 54.4 Å². The second-order valence-electron chi connectivity index (χ2n) is 6.02. The standard InChI is InChI=1S/C21H22N4O3/c1-3-11-28-17-9-7-16(8-10-17)19-13-20(24-23-19)21(26)25-22-14-15-5-4-6-18(12-15)27-2/h4-10,12-14H,3,11H2,1-2H3,(H,23,24)(H,25,26)/b22-14+. The van der Waals surface area contributed by atoms with Gasteiger partial charge < -0.3 is 9.47 Å². The maximum absolute atomic E-state index is 12.2. The highest BCUT2D eigenvalue weighted by atomic mass is 16.5. The summed E-state index contributed by atoms with van der Waals surface area (Å²) < 4.78 is 10.7. The van der Waals surface area contributed by atoms with Crippen LogP contribution in [-0.2, 0) is 0 Å². The molecule has 2 aromatic carbocycles. The van der Waals surface area contributed by atoms with Crippen LogP contribution in [-0.4, -0.2) is 36.0 Å². The highest BCUT2D eigenvalue weighted by Crippen LogP contribution is 2.21. The predicted molar refractivity (Wildman–Crippen MR) is 108 cm³/mol. The summed E-state index contributed by atoms with van der Waals surface area (Å²) in [6, 6.07) is 16.6. The normalized spacial score (nSPS) is 10.8. The van der Waals surface area contributed by atoms with Gasteiger partial charge in [-0.2, -0.15) is 10.2 Å². The number of hydrazone groups is 1. The number of nitrogens with one attached hydrogen (secondary N) is 2. The molecule has 0 fully saturated rings. The largest absolute Gasteiger partial charge is 0.497 e. The molecule has 1 amide bonds. The summed E-state index contributed by atoms with van der Waals surface area (Å²) >= 11 is 0. The number of aromatic amines is 1. The average molecular weight is 378 g/mol. The molecule has 0 unspecified atom stereocenters. The third kappa shape index (κ3) is 4.97. The van der Waals surface area contributed by atoms with E-state index in [2.05, 4.69) is 27.6 Å². The summed E-state index contributed by atoms with van der Waals surface area (Å²) in [5, 5.41) is 10.9. The van der Waals surface area contributed by atoms with Gasteiger partial charge in [0, 0.05) is 5.56 Å². The van der Waals surface area contributed by atoms with Crippen LogP contribution in [0.25, 0.3) is 11.3 Å². The van der Waals surface area contributed by atoms with E-state index >= 15 is 0 Å². The third-order valence-corrected chi connectivity index (χ3v) is 3.92. The number of methoxy groups -OCH3 is 1. The predicted octanol–water partition coefficient (Wildman–Crippen LogP) is 3.64. The smallest absolute Gasteiger partial charge is 0.289 e. The van der Waals surface area contributed by atoms with Crippen molar-refractivity contribution in [2.24, 2.45) is 5.10 Å². The SMILES string of the molecule is CCCOc1ccc(-c2cc(C(=O)N/N=C/c3cccc(OC)c3)[nH]n2)cc1. The number of hydrogen-bond acceptors (Lipinski definition) is 5. The lowest BCUT2D eigenvalue weighted by Gasteiger charge is -2.04. The summed E-state index contributed by atoms with van der Waals surface area (Å²) in [5.41, 5.74) is 5.18. The van der Waals surface area contributed by atoms with Gasteiger partial charge in [0.25, 0.3) is 5.91 Å². The molecule has 0 aliphatic heterocycles. The number of nitrogens with zero attached hydrogens (tertiary/aromatic N) is 2. The van der Waals surface area contributed by atoms with Gasteiger partial charge >= 0.3 is 0 Å². The Morgan fingerprint density at radius 3 is 2.75 bits per heavy atom. The fourth-order valence-electron chi connectivity index (χ4n) is 2.48. The van der Waals surface area contributed by atoms with E-state index in [-0.39, 0.29) is 5.91 Å². The second kappa shape index (κ2) is 9.36. The fraction of sp³-hybridized carbons (Fsp3) is 0.190. The molecular weight excluding hydrogens is 356 g/mol. The van der Waals surface area contributed by atoms with Gasteiger partial charge in [-0.15, -0.1) is 0 Å². The van der Waals surface area contributed by atoms with Crippen molar-refractivity contribution >= 4 is 12.1 Å². The summed E-state index contributed by atoms with van der Waals surface area (Å²) in [6.07, 6.45) is 2.51. The van der Waals surface area contributed by atoms with Crippen LogP contribution in [0.5, 0.6) is 11.5 Å². The van der Waals surface area contributed by atoms with Crippen molar-refractivity contribution in [2.75, 3.05) is 13.7 Å². The minimum absolute atomic E-state index is 0.323. The molecule has 0 radical (unpaired) electrons. The molecule has 0 atom stereocenters. The molecule has 3 aromatic rings. The quantitative estimate of drug-likeness (QED) is 0.463. The third-order valence-electron chi connectivity index (χ3n) is 3.92. The van der Waals surface area contributed by atoms with Crippen molar-refractivity contribution < 1.29 is 14.3 Å². The minimum atomic E-state index is -0.374. The lowest BCUT2D eigenvalue weighted by Crippen LogP contribution is -2.18. The van der Waals surface area contributed by atoms with Crippen LogP contribution in [0.15, 0.2) is 59.7 Å². The van der Waals surface area contributed by atoms with E-state index in [1.807, 2.05) is 48.5 Å². The minimum Gasteiger partial charge on any atom is -0.497 e. The maximum Gasteiger partial charge on any atom is 0.289 e. The van der Waals surface area contributed by atoms with Crippen LogP contribution >= 0.6 is 0 Å². The van der Waals surface area contributed by atoms with Crippen molar-refractivity contribution in [3.63, 3.8) is 0 Å². The molecule has 0 aliphatic carbocycles. The Labute approximate surface area is 163 Å². The zero-order valence-electron chi connectivity index (χ0n) is 15.8. The van der Waals surface area contributed by atoms with Crippen LogP contribution in [0, 0.1) is 0 Å². The number of carbonyl (C=O) groups is 1. The van der Waals surface area contributed by atoms with Crippen molar-refractivity contribution in [1.29, 1.82) is 0 Å². The monoisotopic (exact) mass is 378 g/mol. The Kier molecular flexibility index (Phi) is 6.41. The number of carbonyl (C=O) groups excluding carboxylic acids is 1. The number of rotatable bonds is 8. The molecule has 7 nitrogen and oxygen atoms in total. The maximum atomic E-state index is 12.2. The lowest BCUT2D eigenvalue weighted by molar-refractivity contribution is 0.0950. The van der Waals surface area contributed by atoms with Crippen LogP contribution in [0.1, 0.15) is 29.4 Å². The Balaban J connectivity index is 1.61. The van der Waals surface area contributed by atoms with Gasteiger partial charge in [0.05, 0.1) is 25.6 Å². The summed E-state index contributed by atoms with van der Waals surface area (Å²) in [4.78, 5) is 12.2. The first-order chi connectivity index (χ1) is 13.7. The molecule has 28 heavy (non-hydrogen) atoms. The van der Waals surface area contributed by atoms with Crippen LogP contribution in [0.4, 0.5) is 0 Å². The van der Waals surface area contributed by atoms with E-state index in [1.165, 1.54) is 0 Å². The van der Waals surface area contributed by atoms with Gasteiger partial charge in [-0.1, -0.05) is 19.1 Å². The molecule has 0 bridgehead atoms. The van der Waals surface area contributed by atoms with E-state index in [9.17, 15) is 4.79 Å². The van der Waals surface area contributed by atoms with Crippen molar-refractivity contribution in [3.8, 4) is 22.8 Å².